The number of nitro benzene ring substituents is 1. The fourth-order valence-corrected chi connectivity index (χ4v) is 2.07. The summed E-state index contributed by atoms with van der Waals surface area (Å²) in [5.74, 6) is 0.906. The maximum Gasteiger partial charge on any atom is 0.280 e. The molecule has 0 unspecified atom stereocenters. The zero-order valence-corrected chi connectivity index (χ0v) is 12.2. The molecule has 21 heavy (non-hydrogen) atoms. The predicted molar refractivity (Wildman–Crippen MR) is 79.5 cm³/mol. The third-order valence-corrected chi connectivity index (χ3v) is 3.56. The third kappa shape index (κ3) is 3.20. The number of rotatable bonds is 4. The Morgan fingerprint density at radius 3 is 2.29 bits per heavy atom. The zero-order chi connectivity index (χ0) is 15.6. The minimum absolute atomic E-state index is 0.0279. The molecule has 2 rings (SSSR count). The molecule has 0 spiro atoms. The topological polar surface area (TPSA) is 69.4 Å². The second-order valence-corrected chi connectivity index (χ2v) is 4.95. The highest BCUT2D eigenvalue weighted by molar-refractivity contribution is 6.32. The van der Waals surface area contributed by atoms with Crippen molar-refractivity contribution in [2.45, 2.75) is 13.8 Å². The van der Waals surface area contributed by atoms with Gasteiger partial charge < -0.3 is 4.74 Å². The van der Waals surface area contributed by atoms with Crippen molar-refractivity contribution in [3.8, 4) is 11.5 Å². The first-order valence-electron chi connectivity index (χ1n) is 6.10. The fraction of sp³-hybridized carbons (Fsp3) is 0.133. The van der Waals surface area contributed by atoms with Gasteiger partial charge in [-0.2, -0.15) is 0 Å². The van der Waals surface area contributed by atoms with Crippen LogP contribution >= 0.6 is 11.6 Å². The molecule has 0 radical (unpaired) electrons. The summed E-state index contributed by atoms with van der Waals surface area (Å²) >= 11 is 6.08. The van der Waals surface area contributed by atoms with Gasteiger partial charge >= 0.3 is 0 Å². The summed E-state index contributed by atoms with van der Waals surface area (Å²) in [6.07, 6.45) is 0.434. The number of nitro groups is 1. The lowest BCUT2D eigenvalue weighted by Gasteiger charge is -2.10. The highest BCUT2D eigenvalue weighted by Gasteiger charge is 2.14. The van der Waals surface area contributed by atoms with Crippen LogP contribution in [0.5, 0.6) is 11.5 Å². The second-order valence-electron chi connectivity index (χ2n) is 4.57. The molecule has 5 nitrogen and oxygen atoms in total. The van der Waals surface area contributed by atoms with E-state index in [4.69, 9.17) is 16.3 Å². The van der Waals surface area contributed by atoms with E-state index in [0.717, 1.165) is 11.1 Å². The van der Waals surface area contributed by atoms with E-state index in [-0.39, 0.29) is 11.3 Å². The van der Waals surface area contributed by atoms with Gasteiger partial charge in [-0.25, -0.2) is 0 Å². The molecule has 6 heteroatoms. The van der Waals surface area contributed by atoms with Crippen molar-refractivity contribution in [3.05, 3.63) is 62.2 Å². The van der Waals surface area contributed by atoms with Crippen molar-refractivity contribution in [2.24, 2.45) is 0 Å². The summed E-state index contributed by atoms with van der Waals surface area (Å²) in [5.41, 5.74) is 1.45. The maximum atomic E-state index is 10.9. The molecule has 0 N–H and O–H groups in total. The van der Waals surface area contributed by atoms with Crippen LogP contribution in [0.4, 0.5) is 5.69 Å². The SMILES string of the molecule is Cc1cc(Oc2ccc([N+](=O)[O-])c(C=O)c2)cc(C)c1Cl. The summed E-state index contributed by atoms with van der Waals surface area (Å²) in [5, 5.41) is 11.4. The average molecular weight is 306 g/mol. The average Bonchev–Trinajstić information content (AvgIpc) is 2.44. The standard InChI is InChI=1S/C15H12ClNO4/c1-9-5-13(6-10(2)15(9)16)21-12-3-4-14(17(19)20)11(7-12)8-18/h3-8H,1-2H3. The summed E-state index contributed by atoms with van der Waals surface area (Å²) in [6, 6.07) is 7.55. The van der Waals surface area contributed by atoms with Crippen molar-refractivity contribution in [1.29, 1.82) is 0 Å². The Bertz CT molecular complexity index is 705. The third-order valence-electron chi connectivity index (χ3n) is 2.97. The molecule has 2 aromatic carbocycles. The zero-order valence-electron chi connectivity index (χ0n) is 11.4. The monoisotopic (exact) mass is 305 g/mol. The van der Waals surface area contributed by atoms with E-state index in [9.17, 15) is 14.9 Å². The molecule has 0 fully saturated rings. The van der Waals surface area contributed by atoms with E-state index in [1.807, 2.05) is 13.8 Å². The van der Waals surface area contributed by atoms with E-state index in [1.165, 1.54) is 18.2 Å². The van der Waals surface area contributed by atoms with Gasteiger partial charge in [0, 0.05) is 11.1 Å². The first-order chi connectivity index (χ1) is 9.92. The van der Waals surface area contributed by atoms with Gasteiger partial charge in [0.15, 0.2) is 6.29 Å². The van der Waals surface area contributed by atoms with E-state index < -0.39 is 4.92 Å². The Hall–Kier alpha value is -2.40. The van der Waals surface area contributed by atoms with Gasteiger partial charge in [-0.05, 0) is 49.2 Å². The summed E-state index contributed by atoms with van der Waals surface area (Å²) < 4.78 is 5.63. The van der Waals surface area contributed by atoms with Gasteiger partial charge in [0.2, 0.25) is 0 Å². The summed E-state index contributed by atoms with van der Waals surface area (Å²) in [4.78, 5) is 21.1. The molecule has 2 aromatic rings. The molecule has 0 aliphatic rings. The number of benzene rings is 2. The van der Waals surface area contributed by atoms with Crippen LogP contribution in [-0.4, -0.2) is 11.2 Å². The smallest absolute Gasteiger partial charge is 0.280 e. The van der Waals surface area contributed by atoms with E-state index in [0.29, 0.717) is 22.8 Å². The van der Waals surface area contributed by atoms with Crippen molar-refractivity contribution >= 4 is 23.6 Å². The molecule has 0 aromatic heterocycles. The summed E-state index contributed by atoms with van der Waals surface area (Å²) in [6.45, 7) is 3.71. The van der Waals surface area contributed by atoms with Gasteiger partial charge in [-0.3, -0.25) is 14.9 Å². The number of hydrogen-bond acceptors (Lipinski definition) is 4. The summed E-state index contributed by atoms with van der Waals surface area (Å²) in [7, 11) is 0. The quantitative estimate of drug-likeness (QED) is 0.475. The van der Waals surface area contributed by atoms with Crippen LogP contribution in [0.2, 0.25) is 5.02 Å². The Kier molecular flexibility index (Phi) is 4.23. The molecule has 0 bridgehead atoms. The van der Waals surface area contributed by atoms with Crippen LogP contribution in [-0.2, 0) is 0 Å². The lowest BCUT2D eigenvalue weighted by Crippen LogP contribution is -1.95. The first kappa shape index (κ1) is 15.0. The van der Waals surface area contributed by atoms with Crippen molar-refractivity contribution in [1.82, 2.24) is 0 Å². The lowest BCUT2D eigenvalue weighted by atomic mass is 10.1. The van der Waals surface area contributed by atoms with Crippen LogP contribution < -0.4 is 4.74 Å². The molecule has 0 aliphatic carbocycles. The minimum Gasteiger partial charge on any atom is -0.457 e. The molecule has 0 atom stereocenters. The molecule has 0 saturated heterocycles. The van der Waals surface area contributed by atoms with Gasteiger partial charge in [-0.1, -0.05) is 11.6 Å². The molecule has 0 saturated carbocycles. The van der Waals surface area contributed by atoms with Crippen LogP contribution in [0.25, 0.3) is 0 Å². The van der Waals surface area contributed by atoms with Crippen molar-refractivity contribution in [2.75, 3.05) is 0 Å². The highest BCUT2D eigenvalue weighted by Crippen LogP contribution is 2.31. The maximum absolute atomic E-state index is 10.9. The number of aldehydes is 1. The van der Waals surface area contributed by atoms with Crippen molar-refractivity contribution in [3.63, 3.8) is 0 Å². The number of nitrogens with zero attached hydrogens (tertiary/aromatic N) is 1. The fourth-order valence-electron chi connectivity index (χ4n) is 1.96. The minimum atomic E-state index is -0.607. The molecular weight excluding hydrogens is 294 g/mol. The molecule has 0 amide bonds. The van der Waals surface area contributed by atoms with Crippen LogP contribution in [0, 0.1) is 24.0 Å². The number of carbonyl (C=O) groups is 1. The van der Waals surface area contributed by atoms with E-state index in [1.54, 1.807) is 12.1 Å². The Labute approximate surface area is 126 Å². The van der Waals surface area contributed by atoms with Gasteiger partial charge in [0.25, 0.3) is 5.69 Å². The lowest BCUT2D eigenvalue weighted by molar-refractivity contribution is -0.385. The predicted octanol–water partition coefficient (Wildman–Crippen LogP) is 4.47. The second kappa shape index (κ2) is 5.93. The van der Waals surface area contributed by atoms with Gasteiger partial charge in [0.1, 0.15) is 11.5 Å². The highest BCUT2D eigenvalue weighted by atomic mass is 35.5. The van der Waals surface area contributed by atoms with Crippen LogP contribution in [0.3, 0.4) is 0 Å². The van der Waals surface area contributed by atoms with Crippen molar-refractivity contribution < 1.29 is 14.5 Å². The Morgan fingerprint density at radius 1 is 1.14 bits per heavy atom. The number of ether oxygens (including phenoxy) is 1. The number of carbonyl (C=O) groups excluding carboxylic acids is 1. The van der Waals surface area contributed by atoms with E-state index in [2.05, 4.69) is 0 Å². The van der Waals surface area contributed by atoms with Gasteiger partial charge in [-0.15, -0.1) is 0 Å². The first-order valence-corrected chi connectivity index (χ1v) is 6.48. The Balaban J connectivity index is 2.36. The Morgan fingerprint density at radius 2 is 1.76 bits per heavy atom. The normalized spacial score (nSPS) is 10.2. The number of halogens is 1. The van der Waals surface area contributed by atoms with Gasteiger partial charge in [0.05, 0.1) is 10.5 Å². The molecule has 0 aliphatic heterocycles. The molecule has 0 heterocycles. The van der Waals surface area contributed by atoms with Crippen LogP contribution in [0.15, 0.2) is 30.3 Å². The largest absolute Gasteiger partial charge is 0.457 e. The molecule has 108 valence electrons. The molecular formula is C15H12ClNO4. The van der Waals surface area contributed by atoms with E-state index >= 15 is 0 Å². The number of hydrogen-bond donors (Lipinski definition) is 0. The number of aryl methyl sites for hydroxylation is 2. The van der Waals surface area contributed by atoms with Crippen LogP contribution in [0.1, 0.15) is 21.5 Å².